The minimum absolute atomic E-state index is 0.0142. The fraction of sp³-hybridized carbons (Fsp3) is 0.903. The zero-order valence-corrected chi connectivity index (χ0v) is 23.1. The molecule has 0 aromatic rings. The number of hydrogen-bond donors (Lipinski definition) is 3. The van der Waals surface area contributed by atoms with E-state index < -0.39 is 11.4 Å². The van der Waals surface area contributed by atoms with Gasteiger partial charge in [-0.3, -0.25) is 4.79 Å². The fourth-order valence-electron chi connectivity index (χ4n) is 11.2. The molecular weight excluding hydrogens is 436 g/mol. The van der Waals surface area contributed by atoms with Crippen LogP contribution in [-0.4, -0.2) is 34.0 Å². The second-order valence-corrected chi connectivity index (χ2v) is 15.0. The Morgan fingerprint density at radius 3 is 2.29 bits per heavy atom. The van der Waals surface area contributed by atoms with Gasteiger partial charge in [0.25, 0.3) is 0 Å². The molecule has 0 saturated heterocycles. The maximum atomic E-state index is 12.9. The predicted molar refractivity (Wildman–Crippen MR) is 139 cm³/mol. The van der Waals surface area contributed by atoms with E-state index in [9.17, 15) is 20.1 Å². The Bertz CT molecular complexity index is 919. The summed E-state index contributed by atoms with van der Waals surface area (Å²) in [5, 5.41) is 32.6. The van der Waals surface area contributed by atoms with E-state index >= 15 is 0 Å². The zero-order chi connectivity index (χ0) is 25.7. The number of allylic oxidation sites excluding steroid dienone is 2. The SMILES string of the molecule is CC[C@@]12CC[C@@]3(C(=O)O)CCC(C)(C)C[C@H]3C1=CC[C@@H]1[C@@]3(CO)CC[C@@H](O)C(C)(C)[C@@H]3CC[C@]12C. The van der Waals surface area contributed by atoms with E-state index in [2.05, 4.69) is 47.6 Å². The van der Waals surface area contributed by atoms with Gasteiger partial charge in [0.1, 0.15) is 0 Å². The van der Waals surface area contributed by atoms with Crippen molar-refractivity contribution >= 4 is 5.97 Å². The van der Waals surface area contributed by atoms with Crippen molar-refractivity contribution in [1.82, 2.24) is 0 Å². The van der Waals surface area contributed by atoms with E-state index in [1.165, 1.54) is 5.57 Å². The number of fused-ring (bicyclic) bond motifs is 7. The lowest BCUT2D eigenvalue weighted by molar-refractivity contribution is -0.226. The lowest BCUT2D eigenvalue weighted by Crippen LogP contribution is -2.67. The van der Waals surface area contributed by atoms with Crippen LogP contribution in [0.5, 0.6) is 0 Å². The van der Waals surface area contributed by atoms with Crippen LogP contribution in [0.3, 0.4) is 0 Å². The Labute approximate surface area is 213 Å². The molecule has 0 amide bonds. The average Bonchev–Trinajstić information content (AvgIpc) is 2.80. The van der Waals surface area contributed by atoms with Gasteiger partial charge in [0.15, 0.2) is 0 Å². The first-order valence-electron chi connectivity index (χ1n) is 14.5. The maximum absolute atomic E-state index is 12.9. The summed E-state index contributed by atoms with van der Waals surface area (Å²) in [6.45, 7) is 14.2. The molecule has 0 unspecified atom stereocenters. The van der Waals surface area contributed by atoms with Gasteiger partial charge in [-0.25, -0.2) is 0 Å². The van der Waals surface area contributed by atoms with Crippen molar-refractivity contribution in [2.45, 2.75) is 118 Å². The van der Waals surface area contributed by atoms with Crippen LogP contribution < -0.4 is 0 Å². The van der Waals surface area contributed by atoms with Crippen LogP contribution in [0.4, 0.5) is 0 Å². The minimum atomic E-state index is -0.605. The average molecular weight is 487 g/mol. The highest BCUT2D eigenvalue weighted by atomic mass is 16.4. The van der Waals surface area contributed by atoms with Gasteiger partial charge >= 0.3 is 5.97 Å². The molecule has 5 aliphatic carbocycles. The van der Waals surface area contributed by atoms with Crippen LogP contribution in [0.25, 0.3) is 0 Å². The van der Waals surface area contributed by atoms with Crippen molar-refractivity contribution in [2.75, 3.05) is 6.61 Å². The topological polar surface area (TPSA) is 77.8 Å². The smallest absolute Gasteiger partial charge is 0.310 e. The van der Waals surface area contributed by atoms with Gasteiger partial charge in [-0.2, -0.15) is 0 Å². The molecule has 4 heteroatoms. The summed E-state index contributed by atoms with van der Waals surface area (Å²) >= 11 is 0. The van der Waals surface area contributed by atoms with Crippen LogP contribution in [0.15, 0.2) is 11.6 Å². The highest BCUT2D eigenvalue weighted by Gasteiger charge is 2.70. The number of aliphatic hydroxyl groups is 2. The Hall–Kier alpha value is -0.870. The third-order valence-corrected chi connectivity index (χ3v) is 13.3. The molecule has 5 aliphatic rings. The summed E-state index contributed by atoms with van der Waals surface area (Å²) in [5.41, 5.74) is 0.757. The molecule has 8 atom stereocenters. The zero-order valence-electron chi connectivity index (χ0n) is 23.1. The van der Waals surface area contributed by atoms with Crippen molar-refractivity contribution < 1.29 is 20.1 Å². The van der Waals surface area contributed by atoms with Gasteiger partial charge in [-0.1, -0.05) is 53.2 Å². The molecule has 5 rings (SSSR count). The highest BCUT2D eigenvalue weighted by molar-refractivity contribution is 5.76. The molecule has 3 N–H and O–H groups in total. The van der Waals surface area contributed by atoms with Gasteiger partial charge in [0.2, 0.25) is 0 Å². The van der Waals surface area contributed by atoms with Crippen LogP contribution >= 0.6 is 0 Å². The summed E-state index contributed by atoms with van der Waals surface area (Å²) in [4.78, 5) is 12.9. The monoisotopic (exact) mass is 486 g/mol. The first-order valence-corrected chi connectivity index (χ1v) is 14.5. The molecule has 0 spiro atoms. The Balaban J connectivity index is 1.65. The third-order valence-electron chi connectivity index (χ3n) is 13.3. The number of rotatable bonds is 3. The molecule has 0 aromatic carbocycles. The maximum Gasteiger partial charge on any atom is 0.310 e. The Morgan fingerprint density at radius 1 is 0.971 bits per heavy atom. The number of carboxylic acid groups (broad SMARTS) is 1. The molecule has 0 aliphatic heterocycles. The van der Waals surface area contributed by atoms with Gasteiger partial charge in [-0.05, 0) is 110 Å². The Morgan fingerprint density at radius 2 is 1.66 bits per heavy atom. The van der Waals surface area contributed by atoms with E-state index in [4.69, 9.17) is 0 Å². The van der Waals surface area contributed by atoms with Gasteiger partial charge < -0.3 is 15.3 Å². The highest BCUT2D eigenvalue weighted by Crippen LogP contribution is 2.76. The standard InChI is InChI=1S/C31H50O4/c1-7-31-17-16-29(25(34)35)15-14-26(2,3)18-21(29)20(31)8-9-23-28(31,6)12-10-22-27(4,5)24(33)11-13-30(22,23)19-32/h8,21-24,32-33H,7,9-19H2,1-6H3,(H,34,35)/t21-,22-,23-,24+,28+,29-,30+,31+/m0/s1. The summed E-state index contributed by atoms with van der Waals surface area (Å²) in [7, 11) is 0. The number of hydrogen-bond acceptors (Lipinski definition) is 3. The van der Waals surface area contributed by atoms with E-state index in [0.717, 1.165) is 70.6 Å². The number of carbonyl (C=O) groups is 1. The third kappa shape index (κ3) is 3.08. The van der Waals surface area contributed by atoms with Crippen molar-refractivity contribution in [3.8, 4) is 0 Å². The predicted octanol–water partition coefficient (Wildman–Crippen LogP) is 6.60. The minimum Gasteiger partial charge on any atom is -0.481 e. The van der Waals surface area contributed by atoms with Gasteiger partial charge in [0, 0.05) is 12.0 Å². The molecule has 4 nitrogen and oxygen atoms in total. The van der Waals surface area contributed by atoms with E-state index in [1.54, 1.807) is 0 Å². The molecule has 0 radical (unpaired) electrons. The lowest BCUT2D eigenvalue weighted by atomic mass is 9.32. The van der Waals surface area contributed by atoms with Crippen molar-refractivity contribution in [3.63, 3.8) is 0 Å². The summed E-state index contributed by atoms with van der Waals surface area (Å²) < 4.78 is 0. The van der Waals surface area contributed by atoms with Crippen molar-refractivity contribution in [2.24, 2.45) is 50.2 Å². The first kappa shape index (κ1) is 25.8. The molecule has 4 fully saturated rings. The van der Waals surface area contributed by atoms with Crippen LogP contribution in [0.1, 0.15) is 112 Å². The number of aliphatic hydroxyl groups excluding tert-OH is 2. The summed E-state index contributed by atoms with van der Waals surface area (Å²) in [5.74, 6) is 0.251. The van der Waals surface area contributed by atoms with Crippen molar-refractivity contribution in [3.05, 3.63) is 11.6 Å². The molecule has 198 valence electrons. The van der Waals surface area contributed by atoms with E-state index in [1.807, 2.05) is 0 Å². The summed E-state index contributed by atoms with van der Waals surface area (Å²) in [6.07, 6.45) is 12.5. The molecule has 0 aromatic heterocycles. The fourth-order valence-corrected chi connectivity index (χ4v) is 11.2. The normalized spacial score (nSPS) is 50.1. The quantitative estimate of drug-likeness (QED) is 0.393. The summed E-state index contributed by atoms with van der Waals surface area (Å²) in [6, 6.07) is 0. The number of carboxylic acids is 1. The second kappa shape index (κ2) is 7.82. The molecule has 4 saturated carbocycles. The molecule has 0 heterocycles. The van der Waals surface area contributed by atoms with Gasteiger partial charge in [0.05, 0.1) is 11.5 Å². The van der Waals surface area contributed by atoms with Crippen LogP contribution in [0, 0.1) is 50.2 Å². The Kier molecular flexibility index (Phi) is 5.76. The van der Waals surface area contributed by atoms with Gasteiger partial charge in [-0.15, -0.1) is 0 Å². The number of aliphatic carboxylic acids is 1. The van der Waals surface area contributed by atoms with Crippen LogP contribution in [0.2, 0.25) is 0 Å². The van der Waals surface area contributed by atoms with E-state index in [0.29, 0.717) is 11.8 Å². The van der Waals surface area contributed by atoms with Crippen molar-refractivity contribution in [1.29, 1.82) is 0 Å². The first-order chi connectivity index (χ1) is 16.3. The molecular formula is C31H50O4. The molecule has 0 bridgehead atoms. The van der Waals surface area contributed by atoms with Crippen LogP contribution in [-0.2, 0) is 4.79 Å². The van der Waals surface area contributed by atoms with E-state index in [-0.39, 0.29) is 45.7 Å². The molecule has 35 heavy (non-hydrogen) atoms. The lowest BCUT2D eigenvalue weighted by Gasteiger charge is -2.72. The largest absolute Gasteiger partial charge is 0.481 e. The second-order valence-electron chi connectivity index (χ2n) is 15.0.